The molecular weight excluding hydrogens is 360 g/mol. The summed E-state index contributed by atoms with van der Waals surface area (Å²) >= 11 is 1.29. The summed E-state index contributed by atoms with van der Waals surface area (Å²) in [5.41, 5.74) is 5.30. The molecule has 140 valence electrons. The first kappa shape index (κ1) is 18.8. The predicted octanol–water partition coefficient (Wildman–Crippen LogP) is 4.99. The van der Waals surface area contributed by atoms with Crippen molar-refractivity contribution in [3.8, 4) is 5.75 Å². The average Bonchev–Trinajstić information content (AvgIpc) is 3.04. The van der Waals surface area contributed by atoms with Crippen LogP contribution in [0.2, 0.25) is 0 Å². The monoisotopic (exact) mass is 382 g/mol. The van der Waals surface area contributed by atoms with Crippen molar-refractivity contribution in [1.29, 1.82) is 0 Å². The molecule has 6 nitrogen and oxygen atoms in total. The van der Waals surface area contributed by atoms with Crippen molar-refractivity contribution in [1.82, 2.24) is 10.2 Å². The van der Waals surface area contributed by atoms with Gasteiger partial charge in [-0.25, -0.2) is 4.79 Å². The Labute approximate surface area is 162 Å². The molecule has 7 heteroatoms. The molecule has 1 aromatic heterocycles. The summed E-state index contributed by atoms with van der Waals surface area (Å²) in [6, 6.07) is 11.4. The highest BCUT2D eigenvalue weighted by molar-refractivity contribution is 7.15. The lowest BCUT2D eigenvalue weighted by molar-refractivity contribution is 0.262. The van der Waals surface area contributed by atoms with Gasteiger partial charge in [0, 0.05) is 5.69 Å². The Balaban J connectivity index is 1.55. The molecule has 0 aliphatic heterocycles. The lowest BCUT2D eigenvalue weighted by atomic mass is 10.1. The number of nitrogens with zero attached hydrogens (tertiary/aromatic N) is 2. The minimum absolute atomic E-state index is 0.308. The third-order valence-electron chi connectivity index (χ3n) is 4.13. The van der Waals surface area contributed by atoms with Gasteiger partial charge in [-0.3, -0.25) is 5.32 Å². The first-order valence-corrected chi connectivity index (χ1v) is 9.40. The van der Waals surface area contributed by atoms with Crippen LogP contribution in [0.1, 0.15) is 27.3 Å². The number of rotatable bonds is 5. The van der Waals surface area contributed by atoms with E-state index in [0.717, 1.165) is 22.6 Å². The fourth-order valence-electron chi connectivity index (χ4n) is 2.54. The summed E-state index contributed by atoms with van der Waals surface area (Å²) in [4.78, 5) is 12.1. The molecule has 2 amide bonds. The van der Waals surface area contributed by atoms with Gasteiger partial charge < -0.3 is 10.1 Å². The molecular formula is C20H22N4O2S. The van der Waals surface area contributed by atoms with Crippen LogP contribution in [0.5, 0.6) is 5.75 Å². The Hall–Kier alpha value is -2.93. The summed E-state index contributed by atoms with van der Waals surface area (Å²) in [6.45, 7) is 8.39. The van der Waals surface area contributed by atoms with Gasteiger partial charge in [0.05, 0.1) is 0 Å². The molecule has 0 radical (unpaired) electrons. The summed E-state index contributed by atoms with van der Waals surface area (Å²) in [5.74, 6) is 0.817. The van der Waals surface area contributed by atoms with Crippen molar-refractivity contribution in [3.63, 3.8) is 0 Å². The highest BCUT2D eigenvalue weighted by Crippen LogP contribution is 2.22. The number of carbonyl (C=O) groups is 1. The minimum Gasteiger partial charge on any atom is -0.486 e. The average molecular weight is 382 g/mol. The molecule has 0 aliphatic carbocycles. The molecule has 27 heavy (non-hydrogen) atoms. The van der Waals surface area contributed by atoms with E-state index in [0.29, 0.717) is 16.7 Å². The number of amides is 2. The first-order valence-electron chi connectivity index (χ1n) is 8.58. The van der Waals surface area contributed by atoms with E-state index in [1.807, 2.05) is 58.0 Å². The van der Waals surface area contributed by atoms with E-state index in [1.54, 1.807) is 0 Å². The smallest absolute Gasteiger partial charge is 0.325 e. The number of carbonyl (C=O) groups excluding carboxylic acids is 1. The Kier molecular flexibility index (Phi) is 5.71. The zero-order valence-electron chi connectivity index (χ0n) is 15.8. The van der Waals surface area contributed by atoms with Crippen molar-refractivity contribution in [2.24, 2.45) is 0 Å². The maximum Gasteiger partial charge on any atom is 0.325 e. The molecule has 0 unspecified atom stereocenters. The van der Waals surface area contributed by atoms with Crippen LogP contribution in [0.15, 0.2) is 36.4 Å². The second kappa shape index (κ2) is 8.18. The quantitative estimate of drug-likeness (QED) is 0.651. The largest absolute Gasteiger partial charge is 0.486 e. The highest BCUT2D eigenvalue weighted by atomic mass is 32.1. The molecule has 3 aromatic rings. The molecule has 0 atom stereocenters. The maximum absolute atomic E-state index is 12.1. The number of benzene rings is 2. The third-order valence-corrected chi connectivity index (χ3v) is 4.95. The number of aryl methyl sites for hydroxylation is 4. The van der Waals surface area contributed by atoms with E-state index in [1.165, 1.54) is 22.5 Å². The van der Waals surface area contributed by atoms with Crippen LogP contribution in [0, 0.1) is 27.7 Å². The van der Waals surface area contributed by atoms with Crippen molar-refractivity contribution in [2.75, 3.05) is 10.6 Å². The number of hydrogen-bond donors (Lipinski definition) is 2. The lowest BCUT2D eigenvalue weighted by Crippen LogP contribution is -2.19. The second-order valence-corrected chi connectivity index (χ2v) is 7.50. The van der Waals surface area contributed by atoms with Gasteiger partial charge in [-0.2, -0.15) is 0 Å². The number of aromatic nitrogens is 2. The van der Waals surface area contributed by atoms with Crippen LogP contribution >= 0.6 is 11.3 Å². The Morgan fingerprint density at radius 1 is 0.963 bits per heavy atom. The van der Waals surface area contributed by atoms with E-state index >= 15 is 0 Å². The molecule has 0 bridgehead atoms. The van der Waals surface area contributed by atoms with Crippen LogP contribution in [0.25, 0.3) is 0 Å². The summed E-state index contributed by atoms with van der Waals surface area (Å²) < 4.78 is 5.80. The molecule has 0 aliphatic rings. The fraction of sp³-hybridized carbons (Fsp3) is 0.250. The highest BCUT2D eigenvalue weighted by Gasteiger charge is 2.10. The normalized spacial score (nSPS) is 10.5. The first-order chi connectivity index (χ1) is 12.9. The lowest BCUT2D eigenvalue weighted by Gasteiger charge is -2.08. The van der Waals surface area contributed by atoms with Crippen molar-refractivity contribution in [2.45, 2.75) is 34.3 Å². The van der Waals surface area contributed by atoms with Gasteiger partial charge in [0.2, 0.25) is 5.13 Å². The van der Waals surface area contributed by atoms with E-state index in [-0.39, 0.29) is 6.03 Å². The molecule has 3 rings (SSSR count). The van der Waals surface area contributed by atoms with E-state index in [4.69, 9.17) is 4.74 Å². The molecule has 2 aromatic carbocycles. The second-order valence-electron chi connectivity index (χ2n) is 6.44. The maximum atomic E-state index is 12.1. The predicted molar refractivity (Wildman–Crippen MR) is 109 cm³/mol. The van der Waals surface area contributed by atoms with Crippen LogP contribution < -0.4 is 15.4 Å². The van der Waals surface area contributed by atoms with Gasteiger partial charge in [0.25, 0.3) is 0 Å². The topological polar surface area (TPSA) is 76.1 Å². The summed E-state index contributed by atoms with van der Waals surface area (Å²) in [7, 11) is 0. The van der Waals surface area contributed by atoms with Gasteiger partial charge in [0.15, 0.2) is 5.01 Å². The Morgan fingerprint density at radius 2 is 1.78 bits per heavy atom. The SMILES string of the molecule is Cc1ccc(OCc2nnc(NC(=O)Nc3ccc(C)c(C)c3)s2)c(C)c1. The fourth-order valence-corrected chi connectivity index (χ4v) is 3.19. The van der Waals surface area contributed by atoms with Gasteiger partial charge in [-0.1, -0.05) is 35.1 Å². The van der Waals surface area contributed by atoms with Crippen molar-refractivity contribution >= 4 is 28.2 Å². The van der Waals surface area contributed by atoms with Crippen LogP contribution in [-0.2, 0) is 6.61 Å². The molecule has 1 heterocycles. The van der Waals surface area contributed by atoms with Gasteiger partial charge in [-0.05, 0) is 62.6 Å². The van der Waals surface area contributed by atoms with Gasteiger partial charge in [-0.15, -0.1) is 10.2 Å². The number of nitrogens with one attached hydrogen (secondary N) is 2. The van der Waals surface area contributed by atoms with Gasteiger partial charge in [0.1, 0.15) is 12.4 Å². The molecule has 0 fully saturated rings. The van der Waals surface area contributed by atoms with E-state index < -0.39 is 0 Å². The summed E-state index contributed by atoms with van der Waals surface area (Å²) in [6.07, 6.45) is 0. The zero-order chi connectivity index (χ0) is 19.4. The third kappa shape index (κ3) is 5.04. The summed E-state index contributed by atoms with van der Waals surface area (Å²) in [5, 5.41) is 14.7. The Bertz CT molecular complexity index is 968. The zero-order valence-corrected chi connectivity index (χ0v) is 16.6. The molecule has 0 saturated carbocycles. The number of urea groups is 1. The molecule has 2 N–H and O–H groups in total. The number of ether oxygens (including phenoxy) is 1. The van der Waals surface area contributed by atoms with Crippen LogP contribution in [-0.4, -0.2) is 16.2 Å². The van der Waals surface area contributed by atoms with Crippen LogP contribution in [0.3, 0.4) is 0 Å². The molecule has 0 spiro atoms. The Morgan fingerprint density at radius 3 is 2.52 bits per heavy atom. The van der Waals surface area contributed by atoms with Crippen LogP contribution in [0.4, 0.5) is 15.6 Å². The minimum atomic E-state index is -0.351. The van der Waals surface area contributed by atoms with E-state index in [9.17, 15) is 4.79 Å². The van der Waals surface area contributed by atoms with Gasteiger partial charge >= 0.3 is 6.03 Å². The standard InChI is InChI=1S/C20H22N4O2S/c1-12-5-8-17(15(4)9-12)26-11-18-23-24-20(27-18)22-19(25)21-16-7-6-13(2)14(3)10-16/h5-10H,11H2,1-4H3,(H2,21,22,24,25). The van der Waals surface area contributed by atoms with E-state index in [2.05, 4.69) is 26.9 Å². The van der Waals surface area contributed by atoms with Crippen molar-refractivity contribution in [3.05, 3.63) is 63.7 Å². The van der Waals surface area contributed by atoms with Crippen molar-refractivity contribution < 1.29 is 9.53 Å². The number of anilines is 2. The number of hydrogen-bond acceptors (Lipinski definition) is 5. The molecule has 0 saturated heterocycles.